The number of ether oxygens (including phenoxy) is 1. The van der Waals surface area contributed by atoms with Gasteiger partial charge >= 0.3 is 0 Å². The first-order valence-electron chi connectivity index (χ1n) is 7.78. The Kier molecular flexibility index (Phi) is 5.97. The molecule has 1 aliphatic rings. The molecule has 3 N–H and O–H groups in total. The lowest BCUT2D eigenvalue weighted by molar-refractivity contribution is -0.124. The quantitative estimate of drug-likeness (QED) is 0.863. The number of rotatable bonds is 5. The maximum atomic E-state index is 12.3. The number of hydrogen-bond acceptors (Lipinski definition) is 5. The van der Waals surface area contributed by atoms with Crippen molar-refractivity contribution in [3.8, 4) is 0 Å². The molecule has 2 atom stereocenters. The SMILES string of the molecule is CC(C)(C)[C@H](N)C(=O)NCC(c1cccs1)N1CCOCC1. The predicted molar refractivity (Wildman–Crippen MR) is 89.9 cm³/mol. The summed E-state index contributed by atoms with van der Waals surface area (Å²) in [6, 6.07) is 3.87. The molecule has 1 saturated heterocycles. The van der Waals surface area contributed by atoms with Gasteiger partial charge in [0, 0.05) is 24.5 Å². The van der Waals surface area contributed by atoms with E-state index in [0.717, 1.165) is 26.3 Å². The molecule has 0 radical (unpaired) electrons. The Bertz CT molecular complexity index is 464. The Morgan fingerprint density at radius 1 is 1.45 bits per heavy atom. The van der Waals surface area contributed by atoms with E-state index in [1.165, 1.54) is 4.88 Å². The van der Waals surface area contributed by atoms with Crippen LogP contribution in [0.3, 0.4) is 0 Å². The van der Waals surface area contributed by atoms with E-state index in [2.05, 4.69) is 27.7 Å². The van der Waals surface area contributed by atoms with Crippen molar-refractivity contribution in [3.63, 3.8) is 0 Å². The maximum Gasteiger partial charge on any atom is 0.237 e. The van der Waals surface area contributed by atoms with Crippen LogP contribution in [0.15, 0.2) is 17.5 Å². The zero-order chi connectivity index (χ0) is 16.2. The molecule has 1 unspecified atom stereocenters. The summed E-state index contributed by atoms with van der Waals surface area (Å²) in [6.07, 6.45) is 0. The second-order valence-electron chi connectivity index (χ2n) is 6.77. The van der Waals surface area contributed by atoms with Gasteiger partial charge in [-0.2, -0.15) is 0 Å². The van der Waals surface area contributed by atoms with E-state index in [9.17, 15) is 4.79 Å². The van der Waals surface area contributed by atoms with Gasteiger partial charge in [0.15, 0.2) is 0 Å². The summed E-state index contributed by atoms with van der Waals surface area (Å²) >= 11 is 1.73. The molecule has 5 nitrogen and oxygen atoms in total. The third kappa shape index (κ3) is 4.52. The van der Waals surface area contributed by atoms with Crippen molar-refractivity contribution in [3.05, 3.63) is 22.4 Å². The molecular formula is C16H27N3O2S. The largest absolute Gasteiger partial charge is 0.379 e. The van der Waals surface area contributed by atoms with E-state index >= 15 is 0 Å². The van der Waals surface area contributed by atoms with E-state index in [-0.39, 0.29) is 17.4 Å². The van der Waals surface area contributed by atoms with Crippen molar-refractivity contribution in [2.45, 2.75) is 32.9 Å². The van der Waals surface area contributed by atoms with Crippen molar-refractivity contribution in [2.75, 3.05) is 32.8 Å². The standard InChI is InChI=1S/C16H27N3O2S/c1-16(2,3)14(17)15(20)18-11-12(13-5-4-10-22-13)19-6-8-21-9-7-19/h4-5,10,12,14H,6-9,11,17H2,1-3H3,(H,18,20)/t12?,14-/m1/s1. The van der Waals surface area contributed by atoms with Gasteiger partial charge in [0.05, 0.1) is 25.3 Å². The van der Waals surface area contributed by atoms with E-state index in [1.807, 2.05) is 20.8 Å². The topological polar surface area (TPSA) is 67.6 Å². The first kappa shape index (κ1) is 17.4. The number of carbonyl (C=O) groups is 1. The van der Waals surface area contributed by atoms with Gasteiger partial charge in [-0.3, -0.25) is 9.69 Å². The van der Waals surface area contributed by atoms with Gasteiger partial charge in [0.25, 0.3) is 0 Å². The van der Waals surface area contributed by atoms with Gasteiger partial charge in [-0.1, -0.05) is 26.8 Å². The van der Waals surface area contributed by atoms with Crippen LogP contribution in [0.25, 0.3) is 0 Å². The summed E-state index contributed by atoms with van der Waals surface area (Å²) in [5.41, 5.74) is 5.80. The van der Waals surface area contributed by atoms with Crippen molar-refractivity contribution >= 4 is 17.2 Å². The summed E-state index contributed by atoms with van der Waals surface area (Å²) < 4.78 is 5.43. The molecule has 1 amide bonds. The molecule has 0 bridgehead atoms. The molecule has 2 heterocycles. The number of nitrogens with zero attached hydrogens (tertiary/aromatic N) is 1. The fraction of sp³-hybridized carbons (Fsp3) is 0.688. The third-order valence-electron chi connectivity index (χ3n) is 4.04. The zero-order valence-electron chi connectivity index (χ0n) is 13.7. The van der Waals surface area contributed by atoms with Crippen molar-refractivity contribution in [2.24, 2.45) is 11.1 Å². The number of thiophene rings is 1. The summed E-state index contributed by atoms with van der Waals surface area (Å²) in [5, 5.41) is 5.11. The number of morpholine rings is 1. The van der Waals surface area contributed by atoms with Gasteiger partial charge in [0.2, 0.25) is 5.91 Å². The molecule has 0 aromatic carbocycles. The maximum absolute atomic E-state index is 12.3. The molecule has 2 rings (SSSR count). The Labute approximate surface area is 136 Å². The molecule has 1 aromatic rings. The average Bonchev–Trinajstić information content (AvgIpc) is 3.00. The molecule has 1 aliphatic heterocycles. The predicted octanol–water partition coefficient (Wildman–Crippen LogP) is 1.61. The minimum atomic E-state index is -0.499. The molecule has 6 heteroatoms. The number of carbonyl (C=O) groups excluding carboxylic acids is 1. The van der Waals surface area contributed by atoms with Gasteiger partial charge in [-0.05, 0) is 16.9 Å². The highest BCUT2D eigenvalue weighted by atomic mass is 32.1. The van der Waals surface area contributed by atoms with Crippen LogP contribution in [-0.2, 0) is 9.53 Å². The van der Waals surface area contributed by atoms with Crippen LogP contribution in [0.1, 0.15) is 31.7 Å². The highest BCUT2D eigenvalue weighted by molar-refractivity contribution is 7.10. The van der Waals surface area contributed by atoms with Gasteiger partial charge in [0.1, 0.15) is 0 Å². The fourth-order valence-corrected chi connectivity index (χ4v) is 3.34. The van der Waals surface area contributed by atoms with Gasteiger partial charge < -0.3 is 15.8 Å². The Morgan fingerprint density at radius 3 is 2.68 bits per heavy atom. The molecule has 22 heavy (non-hydrogen) atoms. The van der Waals surface area contributed by atoms with Crippen LogP contribution in [-0.4, -0.2) is 49.7 Å². The van der Waals surface area contributed by atoms with Gasteiger partial charge in [-0.25, -0.2) is 0 Å². The van der Waals surface area contributed by atoms with Crippen LogP contribution in [0.4, 0.5) is 0 Å². The lowest BCUT2D eigenvalue weighted by Gasteiger charge is -2.34. The number of nitrogens with two attached hydrogens (primary N) is 1. The zero-order valence-corrected chi connectivity index (χ0v) is 14.5. The molecule has 0 spiro atoms. The van der Waals surface area contributed by atoms with E-state index in [0.29, 0.717) is 6.54 Å². The molecular weight excluding hydrogens is 298 g/mol. The normalized spacial score (nSPS) is 19.6. The first-order chi connectivity index (χ1) is 10.4. The van der Waals surface area contributed by atoms with E-state index in [1.54, 1.807) is 11.3 Å². The van der Waals surface area contributed by atoms with Crippen LogP contribution in [0.2, 0.25) is 0 Å². The third-order valence-corrected chi connectivity index (χ3v) is 5.02. The summed E-state index contributed by atoms with van der Waals surface area (Å²) in [6.45, 7) is 9.81. The van der Waals surface area contributed by atoms with Crippen LogP contribution in [0.5, 0.6) is 0 Å². The van der Waals surface area contributed by atoms with Crippen LogP contribution < -0.4 is 11.1 Å². The molecule has 0 saturated carbocycles. The Hall–Kier alpha value is -0.950. The second kappa shape index (κ2) is 7.55. The smallest absolute Gasteiger partial charge is 0.237 e. The van der Waals surface area contributed by atoms with Crippen LogP contribution in [0, 0.1) is 5.41 Å². The van der Waals surface area contributed by atoms with Crippen molar-refractivity contribution in [1.82, 2.24) is 10.2 Å². The summed E-state index contributed by atoms with van der Waals surface area (Å²) in [7, 11) is 0. The fourth-order valence-electron chi connectivity index (χ4n) is 2.48. The molecule has 1 fully saturated rings. The minimum Gasteiger partial charge on any atom is -0.379 e. The first-order valence-corrected chi connectivity index (χ1v) is 8.66. The van der Waals surface area contributed by atoms with Gasteiger partial charge in [-0.15, -0.1) is 11.3 Å². The lowest BCUT2D eigenvalue weighted by Crippen LogP contribution is -2.51. The summed E-state index contributed by atoms with van der Waals surface area (Å²) in [5.74, 6) is -0.0812. The average molecular weight is 325 g/mol. The summed E-state index contributed by atoms with van der Waals surface area (Å²) in [4.78, 5) is 15.9. The number of nitrogens with one attached hydrogen (secondary N) is 1. The van der Waals surface area contributed by atoms with E-state index in [4.69, 9.17) is 10.5 Å². The lowest BCUT2D eigenvalue weighted by atomic mass is 9.87. The monoisotopic (exact) mass is 325 g/mol. The van der Waals surface area contributed by atoms with Crippen molar-refractivity contribution in [1.29, 1.82) is 0 Å². The number of amides is 1. The molecule has 124 valence electrons. The van der Waals surface area contributed by atoms with Crippen molar-refractivity contribution < 1.29 is 9.53 Å². The van der Waals surface area contributed by atoms with Crippen LogP contribution >= 0.6 is 11.3 Å². The molecule has 0 aliphatic carbocycles. The van der Waals surface area contributed by atoms with E-state index < -0.39 is 6.04 Å². The number of hydrogen-bond donors (Lipinski definition) is 2. The highest BCUT2D eigenvalue weighted by Crippen LogP contribution is 2.25. The minimum absolute atomic E-state index is 0.0812. The molecule has 1 aromatic heterocycles. The Balaban J connectivity index is 2.00. The second-order valence-corrected chi connectivity index (χ2v) is 7.75. The highest BCUT2D eigenvalue weighted by Gasteiger charge is 2.29. The Morgan fingerprint density at radius 2 is 2.14 bits per heavy atom.